The Bertz CT molecular complexity index is 445. The van der Waals surface area contributed by atoms with Crippen LogP contribution in [0.1, 0.15) is 36.0 Å². The molecule has 0 aromatic heterocycles. The number of halogens is 1. The van der Waals surface area contributed by atoms with Crippen LogP contribution in [0.15, 0.2) is 24.3 Å². The van der Waals surface area contributed by atoms with Crippen LogP contribution in [-0.2, 0) is 4.74 Å². The number of ether oxygens (including phenoxy) is 1. The second kappa shape index (κ2) is 7.36. The first-order valence-electron chi connectivity index (χ1n) is 7.06. The summed E-state index contributed by atoms with van der Waals surface area (Å²) in [6.07, 6.45) is 4.22. The van der Waals surface area contributed by atoms with Gasteiger partial charge in [-0.25, -0.2) is 4.39 Å². The van der Waals surface area contributed by atoms with Crippen molar-refractivity contribution in [3.05, 3.63) is 35.6 Å². The molecule has 0 spiro atoms. The third-order valence-corrected chi connectivity index (χ3v) is 3.55. The number of benzene rings is 1. The molecule has 0 heterocycles. The summed E-state index contributed by atoms with van der Waals surface area (Å²) in [6.45, 7) is 0.902. The second-order valence-electron chi connectivity index (χ2n) is 5.17. The summed E-state index contributed by atoms with van der Waals surface area (Å²) >= 11 is 0. The van der Waals surface area contributed by atoms with Crippen LogP contribution in [0.3, 0.4) is 0 Å². The van der Waals surface area contributed by atoms with Gasteiger partial charge in [0.2, 0.25) is 0 Å². The van der Waals surface area contributed by atoms with E-state index in [9.17, 15) is 9.18 Å². The molecule has 1 aromatic rings. The molecule has 0 radical (unpaired) electrons. The normalized spacial score (nSPS) is 22.5. The highest BCUT2D eigenvalue weighted by Gasteiger charge is 2.18. The van der Waals surface area contributed by atoms with E-state index in [2.05, 4.69) is 5.32 Å². The fraction of sp³-hybridized carbons (Fsp3) is 0.533. The van der Waals surface area contributed by atoms with Gasteiger partial charge in [0.25, 0.3) is 5.91 Å². The average Bonchev–Trinajstić information content (AvgIpc) is 2.45. The van der Waals surface area contributed by atoms with Crippen molar-refractivity contribution in [2.24, 2.45) is 5.73 Å². The van der Waals surface area contributed by atoms with Crippen molar-refractivity contribution in [2.75, 3.05) is 13.2 Å². The molecule has 1 aliphatic rings. The van der Waals surface area contributed by atoms with Crippen LogP contribution in [0, 0.1) is 5.82 Å². The molecule has 20 heavy (non-hydrogen) atoms. The summed E-state index contributed by atoms with van der Waals surface area (Å²) in [5.41, 5.74) is 6.15. The molecule has 1 saturated carbocycles. The van der Waals surface area contributed by atoms with Crippen molar-refractivity contribution in [1.29, 1.82) is 0 Å². The van der Waals surface area contributed by atoms with Gasteiger partial charge in [-0.15, -0.1) is 0 Å². The Hall–Kier alpha value is -1.46. The highest BCUT2D eigenvalue weighted by Crippen LogP contribution is 2.19. The molecular formula is C15H21FN2O2. The molecule has 0 unspecified atom stereocenters. The lowest BCUT2D eigenvalue weighted by Gasteiger charge is -2.26. The van der Waals surface area contributed by atoms with Gasteiger partial charge in [0.05, 0.1) is 12.7 Å². The fourth-order valence-corrected chi connectivity index (χ4v) is 2.38. The van der Waals surface area contributed by atoms with Crippen LogP contribution in [0.4, 0.5) is 4.39 Å². The standard InChI is InChI=1S/C15H21FN2O2/c16-12-3-1-2-11(10-12)15(19)18-8-9-20-14-6-4-13(17)5-7-14/h1-3,10,13-14H,4-9,17H2,(H,18,19). The predicted octanol–water partition coefficient (Wildman–Crippen LogP) is 1.84. The van der Waals surface area contributed by atoms with Crippen molar-refractivity contribution < 1.29 is 13.9 Å². The summed E-state index contributed by atoms with van der Waals surface area (Å²) in [4.78, 5) is 11.7. The zero-order valence-corrected chi connectivity index (χ0v) is 11.5. The Labute approximate surface area is 118 Å². The van der Waals surface area contributed by atoms with Crippen molar-refractivity contribution in [3.63, 3.8) is 0 Å². The van der Waals surface area contributed by atoms with Crippen molar-refractivity contribution in [2.45, 2.75) is 37.8 Å². The van der Waals surface area contributed by atoms with Crippen molar-refractivity contribution in [3.8, 4) is 0 Å². The highest BCUT2D eigenvalue weighted by atomic mass is 19.1. The SMILES string of the molecule is NC1CCC(OCCNC(=O)c2cccc(F)c2)CC1. The summed E-state index contributed by atoms with van der Waals surface area (Å²) < 4.78 is 18.7. The van der Waals surface area contributed by atoms with Gasteiger partial charge in [-0.2, -0.15) is 0 Å². The summed E-state index contributed by atoms with van der Waals surface area (Å²) in [5.74, 6) is -0.689. The smallest absolute Gasteiger partial charge is 0.251 e. The lowest BCUT2D eigenvalue weighted by Crippen LogP contribution is -2.33. The number of nitrogens with one attached hydrogen (secondary N) is 1. The van der Waals surface area contributed by atoms with Gasteiger partial charge in [0.1, 0.15) is 5.82 Å². The van der Waals surface area contributed by atoms with Gasteiger partial charge in [-0.3, -0.25) is 4.79 Å². The van der Waals surface area contributed by atoms with E-state index in [1.807, 2.05) is 0 Å². The molecular weight excluding hydrogens is 259 g/mol. The van der Waals surface area contributed by atoms with Crippen LogP contribution in [0.2, 0.25) is 0 Å². The maximum Gasteiger partial charge on any atom is 0.251 e. The monoisotopic (exact) mass is 280 g/mol. The molecule has 5 heteroatoms. The van der Waals surface area contributed by atoms with E-state index in [1.165, 1.54) is 18.2 Å². The Morgan fingerprint density at radius 3 is 2.80 bits per heavy atom. The molecule has 110 valence electrons. The van der Waals surface area contributed by atoms with Crippen LogP contribution < -0.4 is 11.1 Å². The maximum atomic E-state index is 13.0. The van der Waals surface area contributed by atoms with Gasteiger partial charge in [-0.05, 0) is 43.9 Å². The van der Waals surface area contributed by atoms with E-state index >= 15 is 0 Å². The summed E-state index contributed by atoms with van der Waals surface area (Å²) in [7, 11) is 0. The number of amides is 1. The molecule has 4 nitrogen and oxygen atoms in total. The summed E-state index contributed by atoms with van der Waals surface area (Å²) in [5, 5.41) is 2.72. The Kier molecular flexibility index (Phi) is 5.49. The lowest BCUT2D eigenvalue weighted by molar-refractivity contribution is 0.0267. The minimum absolute atomic E-state index is 0.251. The first kappa shape index (κ1) is 14.9. The average molecular weight is 280 g/mol. The van der Waals surface area contributed by atoms with E-state index < -0.39 is 5.82 Å². The van der Waals surface area contributed by atoms with E-state index in [4.69, 9.17) is 10.5 Å². The van der Waals surface area contributed by atoms with Crippen LogP contribution in [-0.4, -0.2) is 31.2 Å². The topological polar surface area (TPSA) is 64.3 Å². The second-order valence-corrected chi connectivity index (χ2v) is 5.17. The molecule has 0 bridgehead atoms. The quantitative estimate of drug-likeness (QED) is 0.809. The largest absolute Gasteiger partial charge is 0.376 e. The van der Waals surface area contributed by atoms with Gasteiger partial charge in [0, 0.05) is 18.2 Å². The Balaban J connectivity index is 1.64. The van der Waals surface area contributed by atoms with Gasteiger partial charge < -0.3 is 15.8 Å². The zero-order chi connectivity index (χ0) is 14.4. The van der Waals surface area contributed by atoms with Crippen LogP contribution >= 0.6 is 0 Å². The predicted molar refractivity (Wildman–Crippen MR) is 74.9 cm³/mol. The molecule has 0 aliphatic heterocycles. The number of nitrogens with two attached hydrogens (primary N) is 1. The van der Waals surface area contributed by atoms with Gasteiger partial charge in [-0.1, -0.05) is 6.07 Å². The van der Waals surface area contributed by atoms with E-state index in [-0.39, 0.29) is 12.0 Å². The highest BCUT2D eigenvalue weighted by molar-refractivity contribution is 5.94. The number of rotatable bonds is 5. The fourth-order valence-electron chi connectivity index (χ4n) is 2.38. The minimum atomic E-state index is -0.410. The molecule has 1 aliphatic carbocycles. The molecule has 0 saturated heterocycles. The minimum Gasteiger partial charge on any atom is -0.376 e. The van der Waals surface area contributed by atoms with Gasteiger partial charge in [0.15, 0.2) is 0 Å². The Morgan fingerprint density at radius 1 is 1.35 bits per heavy atom. The first-order valence-corrected chi connectivity index (χ1v) is 7.06. The van der Waals surface area contributed by atoms with E-state index in [0.29, 0.717) is 24.8 Å². The zero-order valence-electron chi connectivity index (χ0n) is 11.5. The molecule has 2 rings (SSSR count). The molecule has 1 aromatic carbocycles. The molecule has 3 N–H and O–H groups in total. The maximum absolute atomic E-state index is 13.0. The Morgan fingerprint density at radius 2 is 2.10 bits per heavy atom. The third-order valence-electron chi connectivity index (χ3n) is 3.55. The number of hydrogen-bond acceptors (Lipinski definition) is 3. The van der Waals surface area contributed by atoms with Crippen molar-refractivity contribution >= 4 is 5.91 Å². The van der Waals surface area contributed by atoms with Gasteiger partial charge >= 0.3 is 0 Å². The van der Waals surface area contributed by atoms with E-state index in [1.54, 1.807) is 6.07 Å². The van der Waals surface area contributed by atoms with E-state index in [0.717, 1.165) is 25.7 Å². The third kappa shape index (κ3) is 4.58. The molecule has 0 atom stereocenters. The number of carbonyl (C=O) groups excluding carboxylic acids is 1. The molecule has 1 amide bonds. The first-order chi connectivity index (χ1) is 9.65. The van der Waals surface area contributed by atoms with Crippen LogP contribution in [0.5, 0.6) is 0 Å². The molecule has 1 fully saturated rings. The number of hydrogen-bond donors (Lipinski definition) is 2. The lowest BCUT2D eigenvalue weighted by atomic mass is 9.94. The van der Waals surface area contributed by atoms with Crippen molar-refractivity contribution in [1.82, 2.24) is 5.32 Å². The summed E-state index contributed by atoms with van der Waals surface area (Å²) in [6, 6.07) is 5.95. The van der Waals surface area contributed by atoms with Crippen LogP contribution in [0.25, 0.3) is 0 Å². The number of carbonyl (C=O) groups is 1.